The molecule has 1 saturated carbocycles. The second-order valence-electron chi connectivity index (χ2n) is 5.90. The van der Waals surface area contributed by atoms with E-state index in [4.69, 9.17) is 9.47 Å². The first kappa shape index (κ1) is 21.0. The van der Waals surface area contributed by atoms with Crippen molar-refractivity contribution in [2.45, 2.75) is 25.7 Å². The molecular formula is C18H30IN3O2. The molecule has 2 rings (SSSR count). The van der Waals surface area contributed by atoms with Gasteiger partial charge in [0.05, 0.1) is 7.11 Å². The molecule has 1 aliphatic rings. The van der Waals surface area contributed by atoms with Crippen molar-refractivity contribution >= 4 is 29.9 Å². The molecule has 0 atom stereocenters. The molecule has 6 heteroatoms. The van der Waals surface area contributed by atoms with Gasteiger partial charge in [-0.05, 0) is 49.3 Å². The van der Waals surface area contributed by atoms with Gasteiger partial charge in [-0.2, -0.15) is 0 Å². The fourth-order valence-corrected chi connectivity index (χ4v) is 2.29. The van der Waals surface area contributed by atoms with Crippen molar-refractivity contribution in [3.63, 3.8) is 0 Å². The number of benzene rings is 1. The summed E-state index contributed by atoms with van der Waals surface area (Å²) in [5, 5.41) is 6.65. The van der Waals surface area contributed by atoms with Crippen molar-refractivity contribution in [1.82, 2.24) is 10.6 Å². The molecule has 0 saturated heterocycles. The summed E-state index contributed by atoms with van der Waals surface area (Å²) in [5.41, 5.74) is 1.25. The fraction of sp³-hybridized carbons (Fsp3) is 0.611. The molecule has 24 heavy (non-hydrogen) atoms. The van der Waals surface area contributed by atoms with E-state index in [0.29, 0.717) is 0 Å². The molecule has 0 aliphatic heterocycles. The molecule has 1 aliphatic carbocycles. The summed E-state index contributed by atoms with van der Waals surface area (Å²) in [5.74, 6) is 2.58. The van der Waals surface area contributed by atoms with Crippen molar-refractivity contribution in [3.05, 3.63) is 29.8 Å². The molecule has 5 nitrogen and oxygen atoms in total. The summed E-state index contributed by atoms with van der Waals surface area (Å²) in [7, 11) is 3.49. The zero-order valence-corrected chi connectivity index (χ0v) is 17.0. The van der Waals surface area contributed by atoms with Gasteiger partial charge in [0, 0.05) is 33.4 Å². The zero-order valence-electron chi connectivity index (χ0n) is 14.7. The summed E-state index contributed by atoms with van der Waals surface area (Å²) < 4.78 is 10.9. The smallest absolute Gasteiger partial charge is 0.190 e. The number of halogens is 1. The maximum atomic E-state index is 5.62. The van der Waals surface area contributed by atoms with Gasteiger partial charge >= 0.3 is 0 Å². The maximum absolute atomic E-state index is 5.62. The van der Waals surface area contributed by atoms with Crippen LogP contribution in [0.1, 0.15) is 24.8 Å². The Morgan fingerprint density at radius 3 is 2.75 bits per heavy atom. The Kier molecular flexibility index (Phi) is 10.8. The molecule has 0 spiro atoms. The monoisotopic (exact) mass is 447 g/mol. The average molecular weight is 447 g/mol. The minimum Gasteiger partial charge on any atom is -0.497 e. The molecule has 1 aromatic carbocycles. The van der Waals surface area contributed by atoms with E-state index in [0.717, 1.165) is 56.8 Å². The number of rotatable bonds is 10. The van der Waals surface area contributed by atoms with Crippen LogP contribution in [0.4, 0.5) is 0 Å². The Hall–Kier alpha value is -1.02. The van der Waals surface area contributed by atoms with Crippen LogP contribution in [-0.2, 0) is 11.2 Å². The third kappa shape index (κ3) is 8.73. The highest BCUT2D eigenvalue weighted by atomic mass is 127. The van der Waals surface area contributed by atoms with Crippen LogP contribution in [-0.4, -0.2) is 46.4 Å². The fourth-order valence-electron chi connectivity index (χ4n) is 2.29. The van der Waals surface area contributed by atoms with E-state index in [1.54, 1.807) is 14.2 Å². The summed E-state index contributed by atoms with van der Waals surface area (Å²) in [6.45, 7) is 3.48. The highest BCUT2D eigenvalue weighted by Gasteiger charge is 2.20. The lowest BCUT2D eigenvalue weighted by Gasteiger charge is -2.12. The number of ether oxygens (including phenoxy) is 2. The molecule has 0 aromatic heterocycles. The highest BCUT2D eigenvalue weighted by Crippen LogP contribution is 2.28. The lowest BCUT2D eigenvalue weighted by Crippen LogP contribution is -2.39. The second-order valence-corrected chi connectivity index (χ2v) is 5.90. The van der Waals surface area contributed by atoms with Gasteiger partial charge in [-0.1, -0.05) is 12.1 Å². The van der Waals surface area contributed by atoms with Gasteiger partial charge in [-0.25, -0.2) is 0 Å². The van der Waals surface area contributed by atoms with Gasteiger partial charge in [0.1, 0.15) is 5.75 Å². The predicted molar refractivity (Wildman–Crippen MR) is 110 cm³/mol. The largest absolute Gasteiger partial charge is 0.497 e. The Labute approximate surface area is 162 Å². The summed E-state index contributed by atoms with van der Waals surface area (Å²) in [6.07, 6.45) is 4.63. The Morgan fingerprint density at radius 2 is 2.04 bits per heavy atom. The van der Waals surface area contributed by atoms with E-state index in [1.165, 1.54) is 18.4 Å². The third-order valence-electron chi connectivity index (χ3n) is 3.87. The molecular weight excluding hydrogens is 417 g/mol. The molecule has 0 radical (unpaired) electrons. The van der Waals surface area contributed by atoms with Crippen LogP contribution in [0.25, 0.3) is 0 Å². The van der Waals surface area contributed by atoms with E-state index in [-0.39, 0.29) is 24.0 Å². The Bertz CT molecular complexity index is 493. The number of guanidine groups is 1. The van der Waals surface area contributed by atoms with Crippen LogP contribution in [0.15, 0.2) is 29.3 Å². The zero-order chi connectivity index (χ0) is 16.3. The van der Waals surface area contributed by atoms with E-state index < -0.39 is 0 Å². The molecule has 1 aromatic rings. The third-order valence-corrected chi connectivity index (χ3v) is 3.87. The quantitative estimate of drug-likeness (QED) is 0.251. The lowest BCUT2D eigenvalue weighted by atomic mass is 10.1. The summed E-state index contributed by atoms with van der Waals surface area (Å²) >= 11 is 0. The van der Waals surface area contributed by atoms with Crippen molar-refractivity contribution < 1.29 is 9.47 Å². The maximum Gasteiger partial charge on any atom is 0.190 e. The molecule has 0 heterocycles. The lowest BCUT2D eigenvalue weighted by molar-refractivity contribution is 0.123. The van der Waals surface area contributed by atoms with E-state index in [2.05, 4.69) is 27.8 Å². The van der Waals surface area contributed by atoms with Crippen LogP contribution < -0.4 is 15.4 Å². The summed E-state index contributed by atoms with van der Waals surface area (Å²) in [4.78, 5) is 4.24. The van der Waals surface area contributed by atoms with Crippen molar-refractivity contribution in [2.24, 2.45) is 10.9 Å². The average Bonchev–Trinajstić information content (AvgIpc) is 3.40. The van der Waals surface area contributed by atoms with Gasteiger partial charge in [0.25, 0.3) is 0 Å². The molecule has 136 valence electrons. The normalized spacial score (nSPS) is 14.0. The van der Waals surface area contributed by atoms with Crippen LogP contribution >= 0.6 is 24.0 Å². The van der Waals surface area contributed by atoms with Crippen molar-refractivity contribution in [2.75, 3.05) is 40.5 Å². The number of nitrogens with zero attached hydrogens (tertiary/aromatic N) is 1. The van der Waals surface area contributed by atoms with Crippen LogP contribution in [0, 0.1) is 5.92 Å². The molecule has 0 unspecified atom stereocenters. The second kappa shape index (κ2) is 12.4. The first-order valence-electron chi connectivity index (χ1n) is 8.47. The summed E-state index contributed by atoms with van der Waals surface area (Å²) in [6, 6.07) is 8.15. The number of hydrogen-bond donors (Lipinski definition) is 2. The van der Waals surface area contributed by atoms with Crippen LogP contribution in [0.3, 0.4) is 0 Å². The molecule has 2 N–H and O–H groups in total. The predicted octanol–water partition coefficient (Wildman–Crippen LogP) is 2.84. The number of hydrogen-bond acceptors (Lipinski definition) is 3. The standard InChI is InChI=1S/C18H29N3O2.HI/c1-19-18(20-10-4-12-23-14-16-7-8-16)21-11-9-15-5-3-6-17(13-15)22-2;/h3,5-6,13,16H,4,7-12,14H2,1-2H3,(H2,19,20,21);1H. The van der Waals surface area contributed by atoms with Gasteiger partial charge in [0.15, 0.2) is 5.96 Å². The van der Waals surface area contributed by atoms with E-state index >= 15 is 0 Å². The van der Waals surface area contributed by atoms with E-state index in [9.17, 15) is 0 Å². The molecule has 1 fully saturated rings. The number of aliphatic imine (C=N–C) groups is 1. The van der Waals surface area contributed by atoms with Gasteiger partial charge in [-0.3, -0.25) is 4.99 Å². The van der Waals surface area contributed by atoms with Crippen LogP contribution in [0.5, 0.6) is 5.75 Å². The molecule has 0 bridgehead atoms. The van der Waals surface area contributed by atoms with Gasteiger partial charge in [0.2, 0.25) is 0 Å². The van der Waals surface area contributed by atoms with Gasteiger partial charge < -0.3 is 20.1 Å². The molecule has 0 amide bonds. The topological polar surface area (TPSA) is 54.9 Å². The van der Waals surface area contributed by atoms with Crippen molar-refractivity contribution in [1.29, 1.82) is 0 Å². The first-order valence-corrected chi connectivity index (χ1v) is 8.47. The first-order chi connectivity index (χ1) is 11.3. The minimum atomic E-state index is 0. The van der Waals surface area contributed by atoms with Crippen molar-refractivity contribution in [3.8, 4) is 5.75 Å². The SMILES string of the molecule is CN=C(NCCCOCC1CC1)NCCc1cccc(OC)c1.I. The van der Waals surface area contributed by atoms with E-state index in [1.807, 2.05) is 12.1 Å². The Morgan fingerprint density at radius 1 is 1.25 bits per heavy atom. The van der Waals surface area contributed by atoms with Gasteiger partial charge in [-0.15, -0.1) is 24.0 Å². The van der Waals surface area contributed by atoms with Crippen LogP contribution in [0.2, 0.25) is 0 Å². The Balaban J connectivity index is 0.00000288. The highest BCUT2D eigenvalue weighted by molar-refractivity contribution is 14.0. The number of methoxy groups -OCH3 is 1. The minimum absolute atomic E-state index is 0. The number of nitrogens with one attached hydrogen (secondary N) is 2.